The second kappa shape index (κ2) is 7.57. The first kappa shape index (κ1) is 15.2. The maximum atomic E-state index is 13.6. The highest BCUT2D eigenvalue weighted by atomic mass is 19.1. The lowest BCUT2D eigenvalue weighted by Crippen LogP contribution is -2.09. The molecule has 5 heteroatoms. The minimum absolute atomic E-state index is 0.223. The molecule has 1 aromatic heterocycles. The summed E-state index contributed by atoms with van der Waals surface area (Å²) in [5.74, 6) is 1.09. The van der Waals surface area contributed by atoms with Gasteiger partial charge in [-0.15, -0.1) is 0 Å². The lowest BCUT2D eigenvalue weighted by atomic mass is 10.2. The van der Waals surface area contributed by atoms with Gasteiger partial charge in [-0.05, 0) is 19.4 Å². The van der Waals surface area contributed by atoms with Crippen LogP contribution in [0.1, 0.15) is 31.0 Å². The van der Waals surface area contributed by atoms with Gasteiger partial charge in [-0.25, -0.2) is 9.37 Å². The topological polar surface area (TPSA) is 49.8 Å². The third-order valence-corrected chi connectivity index (χ3v) is 3.09. The van der Waals surface area contributed by atoms with E-state index in [1.165, 1.54) is 6.07 Å². The third kappa shape index (κ3) is 4.70. The number of nitrogens with one attached hydrogen (secondary N) is 2. The number of rotatable bonds is 7. The largest absolute Gasteiger partial charge is 0.370 e. The van der Waals surface area contributed by atoms with E-state index in [9.17, 15) is 4.39 Å². The maximum absolute atomic E-state index is 13.6. The molecule has 4 nitrogen and oxygen atoms in total. The smallest absolute Gasteiger partial charge is 0.225 e. The van der Waals surface area contributed by atoms with E-state index in [1.807, 2.05) is 19.1 Å². The molecule has 1 heterocycles. The molecule has 2 aromatic rings. The molecule has 0 unspecified atom stereocenters. The first-order valence-corrected chi connectivity index (χ1v) is 7.26. The van der Waals surface area contributed by atoms with Gasteiger partial charge in [-0.3, -0.25) is 0 Å². The van der Waals surface area contributed by atoms with E-state index in [1.54, 1.807) is 12.1 Å². The van der Waals surface area contributed by atoms with Gasteiger partial charge in [0.25, 0.3) is 0 Å². The SMILES string of the molecule is CCCCNc1cc(C)nc(NCc2ccccc2F)n1. The van der Waals surface area contributed by atoms with Crippen LogP contribution in [0, 0.1) is 12.7 Å². The Labute approximate surface area is 124 Å². The first-order valence-electron chi connectivity index (χ1n) is 7.26. The van der Waals surface area contributed by atoms with Gasteiger partial charge in [0.15, 0.2) is 0 Å². The fourth-order valence-corrected chi connectivity index (χ4v) is 1.95. The zero-order valence-corrected chi connectivity index (χ0v) is 12.5. The molecule has 0 bridgehead atoms. The van der Waals surface area contributed by atoms with Crippen LogP contribution in [0.3, 0.4) is 0 Å². The Morgan fingerprint density at radius 2 is 1.95 bits per heavy atom. The second-order valence-corrected chi connectivity index (χ2v) is 4.94. The van der Waals surface area contributed by atoms with Crippen LogP contribution in [0.4, 0.5) is 16.2 Å². The lowest BCUT2D eigenvalue weighted by Gasteiger charge is -2.10. The summed E-state index contributed by atoms with van der Waals surface area (Å²) in [7, 11) is 0. The van der Waals surface area contributed by atoms with E-state index in [0.29, 0.717) is 18.1 Å². The molecule has 0 fully saturated rings. The molecule has 0 amide bonds. The zero-order chi connectivity index (χ0) is 15.1. The van der Waals surface area contributed by atoms with Gasteiger partial charge in [0.2, 0.25) is 5.95 Å². The van der Waals surface area contributed by atoms with Crippen molar-refractivity contribution in [2.45, 2.75) is 33.2 Å². The summed E-state index contributed by atoms with van der Waals surface area (Å²) < 4.78 is 13.6. The van der Waals surface area contributed by atoms with E-state index in [-0.39, 0.29) is 5.82 Å². The average molecular weight is 288 g/mol. The Morgan fingerprint density at radius 1 is 1.14 bits per heavy atom. The molecule has 2 rings (SSSR count). The normalized spacial score (nSPS) is 10.4. The molecular weight excluding hydrogens is 267 g/mol. The van der Waals surface area contributed by atoms with Crippen LogP contribution < -0.4 is 10.6 Å². The Morgan fingerprint density at radius 3 is 2.71 bits per heavy atom. The van der Waals surface area contributed by atoms with Crippen LogP contribution in [0.15, 0.2) is 30.3 Å². The van der Waals surface area contributed by atoms with Gasteiger partial charge in [0.05, 0.1) is 0 Å². The molecule has 0 saturated heterocycles. The van der Waals surface area contributed by atoms with E-state index >= 15 is 0 Å². The van der Waals surface area contributed by atoms with Gasteiger partial charge >= 0.3 is 0 Å². The number of anilines is 2. The van der Waals surface area contributed by atoms with E-state index in [0.717, 1.165) is 30.9 Å². The maximum Gasteiger partial charge on any atom is 0.225 e. The lowest BCUT2D eigenvalue weighted by molar-refractivity contribution is 0.612. The molecule has 0 spiro atoms. The zero-order valence-electron chi connectivity index (χ0n) is 12.5. The highest BCUT2D eigenvalue weighted by Crippen LogP contribution is 2.12. The Bertz CT molecular complexity index is 586. The summed E-state index contributed by atoms with van der Waals surface area (Å²) in [5, 5.41) is 6.34. The van der Waals surface area contributed by atoms with E-state index in [2.05, 4.69) is 27.5 Å². The van der Waals surface area contributed by atoms with Crippen LogP contribution in [0.2, 0.25) is 0 Å². The average Bonchev–Trinajstić information content (AvgIpc) is 2.46. The Balaban J connectivity index is 2.01. The number of nitrogens with zero attached hydrogens (tertiary/aromatic N) is 2. The fourth-order valence-electron chi connectivity index (χ4n) is 1.95. The van der Waals surface area contributed by atoms with Gasteiger partial charge in [0.1, 0.15) is 11.6 Å². The number of halogens is 1. The minimum Gasteiger partial charge on any atom is -0.370 e. The minimum atomic E-state index is -0.223. The van der Waals surface area contributed by atoms with Crippen LogP contribution >= 0.6 is 0 Å². The molecule has 2 N–H and O–H groups in total. The first-order chi connectivity index (χ1) is 10.2. The van der Waals surface area contributed by atoms with Gasteiger partial charge < -0.3 is 10.6 Å². The number of hydrogen-bond acceptors (Lipinski definition) is 4. The van der Waals surface area contributed by atoms with Crippen molar-refractivity contribution in [1.29, 1.82) is 0 Å². The molecular formula is C16H21FN4. The summed E-state index contributed by atoms with van der Waals surface area (Å²) in [6, 6.07) is 8.60. The van der Waals surface area contributed by atoms with Crippen molar-refractivity contribution in [3.05, 3.63) is 47.4 Å². The summed E-state index contributed by atoms with van der Waals surface area (Å²) in [5.41, 5.74) is 1.48. The summed E-state index contributed by atoms with van der Waals surface area (Å²) >= 11 is 0. The van der Waals surface area contributed by atoms with Crippen LogP contribution in [-0.4, -0.2) is 16.5 Å². The highest BCUT2D eigenvalue weighted by Gasteiger charge is 2.04. The molecule has 0 aliphatic heterocycles. The van der Waals surface area contributed by atoms with Crippen molar-refractivity contribution in [2.24, 2.45) is 0 Å². The number of hydrogen-bond donors (Lipinski definition) is 2. The van der Waals surface area contributed by atoms with Gasteiger partial charge in [0, 0.05) is 30.4 Å². The van der Waals surface area contributed by atoms with Crippen molar-refractivity contribution in [3.63, 3.8) is 0 Å². The number of aryl methyl sites for hydroxylation is 1. The number of aromatic nitrogens is 2. The van der Waals surface area contributed by atoms with Gasteiger partial charge in [-0.1, -0.05) is 31.5 Å². The Kier molecular flexibility index (Phi) is 5.49. The summed E-state index contributed by atoms with van der Waals surface area (Å²) in [6.45, 7) is 5.32. The van der Waals surface area contributed by atoms with Crippen molar-refractivity contribution < 1.29 is 4.39 Å². The molecule has 0 atom stereocenters. The third-order valence-electron chi connectivity index (χ3n) is 3.09. The predicted molar refractivity (Wildman–Crippen MR) is 83.9 cm³/mol. The molecule has 0 radical (unpaired) electrons. The van der Waals surface area contributed by atoms with E-state index in [4.69, 9.17) is 0 Å². The Hall–Kier alpha value is -2.17. The highest BCUT2D eigenvalue weighted by molar-refractivity contribution is 5.42. The van der Waals surface area contributed by atoms with E-state index < -0.39 is 0 Å². The van der Waals surface area contributed by atoms with Crippen molar-refractivity contribution >= 4 is 11.8 Å². The van der Waals surface area contributed by atoms with Crippen molar-refractivity contribution in [3.8, 4) is 0 Å². The monoisotopic (exact) mass is 288 g/mol. The standard InChI is InChI=1S/C16H21FN4/c1-3-4-9-18-15-10-12(2)20-16(21-15)19-11-13-7-5-6-8-14(13)17/h5-8,10H,3-4,9,11H2,1-2H3,(H2,18,19,20,21). The van der Waals surface area contributed by atoms with Crippen molar-refractivity contribution in [2.75, 3.05) is 17.2 Å². The van der Waals surface area contributed by atoms with Crippen LogP contribution in [0.5, 0.6) is 0 Å². The molecule has 112 valence electrons. The number of benzene rings is 1. The fraction of sp³-hybridized carbons (Fsp3) is 0.375. The summed E-state index contributed by atoms with van der Waals surface area (Å²) in [4.78, 5) is 8.72. The number of unbranched alkanes of at least 4 members (excludes halogenated alkanes) is 1. The molecule has 21 heavy (non-hydrogen) atoms. The summed E-state index contributed by atoms with van der Waals surface area (Å²) in [6.07, 6.45) is 2.23. The predicted octanol–water partition coefficient (Wildman–Crippen LogP) is 3.75. The van der Waals surface area contributed by atoms with Crippen LogP contribution in [0.25, 0.3) is 0 Å². The van der Waals surface area contributed by atoms with Gasteiger partial charge in [-0.2, -0.15) is 4.98 Å². The second-order valence-electron chi connectivity index (χ2n) is 4.94. The molecule has 1 aromatic carbocycles. The van der Waals surface area contributed by atoms with Crippen molar-refractivity contribution in [1.82, 2.24) is 9.97 Å². The molecule has 0 aliphatic carbocycles. The quantitative estimate of drug-likeness (QED) is 0.762. The molecule has 0 saturated carbocycles. The van der Waals surface area contributed by atoms with Crippen LogP contribution in [-0.2, 0) is 6.54 Å². The molecule has 0 aliphatic rings.